The third-order valence-corrected chi connectivity index (χ3v) is 13.1. The molecule has 0 spiro atoms. The first-order valence-electron chi connectivity index (χ1n) is 21.8. The van der Waals surface area contributed by atoms with E-state index in [1.165, 1.54) is 88.1 Å². The molecule has 0 aliphatic rings. The zero-order valence-corrected chi connectivity index (χ0v) is 34.6. The lowest BCUT2D eigenvalue weighted by molar-refractivity contribution is 0.746. The molecule has 0 aliphatic heterocycles. The quantitative estimate of drug-likeness (QED) is 0.135. The van der Waals surface area contributed by atoms with Crippen molar-refractivity contribution in [3.63, 3.8) is 0 Å². The fourth-order valence-corrected chi connectivity index (χ4v) is 10.2. The van der Waals surface area contributed by atoms with Gasteiger partial charge in [0.1, 0.15) is 0 Å². The number of hydrogen-bond donors (Lipinski definition) is 0. The highest BCUT2D eigenvalue weighted by molar-refractivity contribution is 6.12. The third-order valence-electron chi connectivity index (χ3n) is 13.1. The summed E-state index contributed by atoms with van der Waals surface area (Å²) in [5, 5.41) is 4.93. The SMILES string of the molecule is c1ccc(-c2ccc3c(c2)c2cc(C(c4ccccc4)(c4ccccc4)c4ccccc4)ccc2n3-c2cccc(-c3ccc4c(c3)c3ccccc3n4-c3ccccc3)c2)cc1. The van der Waals surface area contributed by atoms with Gasteiger partial charge >= 0.3 is 0 Å². The van der Waals surface area contributed by atoms with Crippen molar-refractivity contribution in [2.45, 2.75) is 5.41 Å². The van der Waals surface area contributed by atoms with Crippen molar-refractivity contribution in [2.24, 2.45) is 0 Å². The van der Waals surface area contributed by atoms with E-state index >= 15 is 0 Å². The lowest BCUT2D eigenvalue weighted by atomic mass is 9.65. The van der Waals surface area contributed by atoms with Crippen molar-refractivity contribution in [3.05, 3.63) is 277 Å². The maximum Gasteiger partial charge on any atom is 0.0701 e. The van der Waals surface area contributed by atoms with Crippen LogP contribution in [-0.4, -0.2) is 9.13 Å². The number of nitrogens with zero attached hydrogens (tertiary/aromatic N) is 2. The van der Waals surface area contributed by atoms with Crippen LogP contribution in [0, 0.1) is 0 Å². The predicted octanol–water partition coefficient (Wildman–Crippen LogP) is 15.6. The molecule has 0 saturated heterocycles. The molecule has 2 aromatic heterocycles. The number of para-hydroxylation sites is 2. The predicted molar refractivity (Wildman–Crippen MR) is 264 cm³/mol. The summed E-state index contributed by atoms with van der Waals surface area (Å²) in [5.74, 6) is 0. The van der Waals surface area contributed by atoms with Gasteiger partial charge in [-0.3, -0.25) is 0 Å². The summed E-state index contributed by atoms with van der Waals surface area (Å²) in [4.78, 5) is 0. The summed E-state index contributed by atoms with van der Waals surface area (Å²) in [6.45, 7) is 0. The fraction of sp³-hybridized carbons (Fsp3) is 0.0164. The molecule has 12 aromatic rings. The van der Waals surface area contributed by atoms with Crippen molar-refractivity contribution < 1.29 is 0 Å². The minimum atomic E-state index is -0.564. The minimum Gasteiger partial charge on any atom is -0.309 e. The van der Waals surface area contributed by atoms with E-state index in [0.717, 1.165) is 11.4 Å². The largest absolute Gasteiger partial charge is 0.309 e. The number of hydrogen-bond acceptors (Lipinski definition) is 0. The Labute approximate surface area is 367 Å². The van der Waals surface area contributed by atoms with Gasteiger partial charge in [0, 0.05) is 32.9 Å². The first kappa shape index (κ1) is 36.6. The van der Waals surface area contributed by atoms with Crippen LogP contribution in [0.25, 0.3) is 77.2 Å². The van der Waals surface area contributed by atoms with Crippen molar-refractivity contribution >= 4 is 43.6 Å². The molecule has 0 radical (unpaired) electrons. The summed E-state index contributed by atoms with van der Waals surface area (Å²) in [5.41, 5.74) is 16.1. The van der Waals surface area contributed by atoms with E-state index in [1.807, 2.05) is 0 Å². The minimum absolute atomic E-state index is 0.564. The first-order chi connectivity index (χ1) is 31.3. The molecule has 12 rings (SSSR count). The smallest absolute Gasteiger partial charge is 0.0701 e. The molecule has 0 amide bonds. The lowest BCUT2D eigenvalue weighted by Gasteiger charge is -2.37. The molecule has 0 bridgehead atoms. The second-order valence-corrected chi connectivity index (χ2v) is 16.5. The molecule has 0 atom stereocenters. The standard InChI is InChI=1S/C61H42N2/c1-6-19-43(20-7-1)45-33-36-59-55(40-45)56-42-50(61(47-22-8-2-9-23-47,48-24-10-3-11-25-48)49-26-12-4-13-27-49)35-38-60(56)63(59)52-30-18-21-44(39-52)46-34-37-58-54(41-46)53-31-16-17-32-57(53)62(58)51-28-14-5-15-29-51/h1-42H. The average molecular weight is 803 g/mol. The second-order valence-electron chi connectivity index (χ2n) is 16.5. The molecule has 63 heavy (non-hydrogen) atoms. The first-order valence-corrected chi connectivity index (χ1v) is 21.8. The van der Waals surface area contributed by atoms with Crippen LogP contribution >= 0.6 is 0 Å². The Hall–Kier alpha value is -8.20. The molecule has 2 heteroatoms. The molecule has 0 N–H and O–H groups in total. The molecule has 0 saturated carbocycles. The lowest BCUT2D eigenvalue weighted by Crippen LogP contribution is -2.30. The summed E-state index contributed by atoms with van der Waals surface area (Å²) >= 11 is 0. The normalized spacial score (nSPS) is 11.8. The van der Waals surface area contributed by atoms with Gasteiger partial charge in [-0.05, 0) is 111 Å². The van der Waals surface area contributed by atoms with Crippen LogP contribution in [0.5, 0.6) is 0 Å². The summed E-state index contributed by atoms with van der Waals surface area (Å²) < 4.78 is 4.84. The Bertz CT molecular complexity index is 3490. The van der Waals surface area contributed by atoms with Gasteiger partial charge in [-0.2, -0.15) is 0 Å². The maximum absolute atomic E-state index is 2.47. The number of fused-ring (bicyclic) bond motifs is 6. The van der Waals surface area contributed by atoms with E-state index in [0.29, 0.717) is 0 Å². The molecule has 0 aliphatic carbocycles. The van der Waals surface area contributed by atoms with Crippen molar-refractivity contribution in [1.29, 1.82) is 0 Å². The Morgan fingerprint density at radius 3 is 1.22 bits per heavy atom. The van der Waals surface area contributed by atoms with Crippen LogP contribution in [0.2, 0.25) is 0 Å². The van der Waals surface area contributed by atoms with Crippen LogP contribution in [0.4, 0.5) is 0 Å². The highest BCUT2D eigenvalue weighted by Gasteiger charge is 2.38. The molecule has 2 heterocycles. The van der Waals surface area contributed by atoms with Gasteiger partial charge in [0.05, 0.1) is 27.5 Å². The second kappa shape index (κ2) is 15.1. The van der Waals surface area contributed by atoms with E-state index in [2.05, 4.69) is 264 Å². The summed E-state index contributed by atoms with van der Waals surface area (Å²) in [7, 11) is 0. The van der Waals surface area contributed by atoms with Gasteiger partial charge in [-0.25, -0.2) is 0 Å². The molecule has 10 aromatic carbocycles. The van der Waals surface area contributed by atoms with Crippen LogP contribution in [0.15, 0.2) is 255 Å². The highest BCUT2D eigenvalue weighted by Crippen LogP contribution is 2.47. The topological polar surface area (TPSA) is 9.86 Å². The number of aromatic nitrogens is 2. The molecule has 0 fully saturated rings. The molecular weight excluding hydrogens is 761 g/mol. The highest BCUT2D eigenvalue weighted by atomic mass is 15.0. The Kier molecular flexibility index (Phi) is 8.76. The van der Waals surface area contributed by atoms with E-state index in [-0.39, 0.29) is 0 Å². The van der Waals surface area contributed by atoms with Crippen LogP contribution in [-0.2, 0) is 5.41 Å². The van der Waals surface area contributed by atoms with Gasteiger partial charge < -0.3 is 9.13 Å². The van der Waals surface area contributed by atoms with Crippen molar-refractivity contribution in [1.82, 2.24) is 9.13 Å². The van der Waals surface area contributed by atoms with E-state index in [1.54, 1.807) is 0 Å². The molecule has 0 unspecified atom stereocenters. The average Bonchev–Trinajstić information content (AvgIpc) is 3.88. The number of rotatable bonds is 8. The van der Waals surface area contributed by atoms with E-state index < -0.39 is 5.41 Å². The zero-order chi connectivity index (χ0) is 41.7. The van der Waals surface area contributed by atoms with Gasteiger partial charge in [0.25, 0.3) is 0 Å². The molecule has 2 nitrogen and oxygen atoms in total. The van der Waals surface area contributed by atoms with Crippen LogP contribution in [0.1, 0.15) is 22.3 Å². The Morgan fingerprint density at radius 2 is 0.619 bits per heavy atom. The zero-order valence-electron chi connectivity index (χ0n) is 34.6. The van der Waals surface area contributed by atoms with Gasteiger partial charge in [-0.1, -0.05) is 188 Å². The fourth-order valence-electron chi connectivity index (χ4n) is 10.2. The monoisotopic (exact) mass is 802 g/mol. The maximum atomic E-state index is 2.47. The van der Waals surface area contributed by atoms with Crippen LogP contribution in [0.3, 0.4) is 0 Å². The van der Waals surface area contributed by atoms with E-state index in [9.17, 15) is 0 Å². The van der Waals surface area contributed by atoms with Gasteiger partial charge in [0.15, 0.2) is 0 Å². The Morgan fingerprint density at radius 1 is 0.222 bits per heavy atom. The van der Waals surface area contributed by atoms with Gasteiger partial charge in [-0.15, -0.1) is 0 Å². The Balaban J connectivity index is 1.09. The molecular formula is C61H42N2. The van der Waals surface area contributed by atoms with Crippen molar-refractivity contribution in [2.75, 3.05) is 0 Å². The summed E-state index contributed by atoms with van der Waals surface area (Å²) in [6, 6.07) is 93.3. The van der Waals surface area contributed by atoms with Crippen LogP contribution < -0.4 is 0 Å². The van der Waals surface area contributed by atoms with Gasteiger partial charge in [0.2, 0.25) is 0 Å². The number of benzene rings is 10. The van der Waals surface area contributed by atoms with E-state index in [4.69, 9.17) is 0 Å². The third kappa shape index (κ3) is 5.95. The summed E-state index contributed by atoms with van der Waals surface area (Å²) in [6.07, 6.45) is 0. The molecule has 296 valence electrons. The van der Waals surface area contributed by atoms with Crippen molar-refractivity contribution in [3.8, 4) is 33.6 Å².